The van der Waals surface area contributed by atoms with Crippen molar-refractivity contribution in [2.75, 3.05) is 0 Å². The molecule has 0 N–H and O–H groups in total. The van der Waals surface area contributed by atoms with Crippen LogP contribution in [0.25, 0.3) is 36.9 Å². The molecule has 4 aromatic carbocycles. The quantitative estimate of drug-likeness (QED) is 0.183. The molecule has 4 atom stereocenters. The summed E-state index contributed by atoms with van der Waals surface area (Å²) in [6.45, 7) is 0. The Hall–Kier alpha value is -6.16. The summed E-state index contributed by atoms with van der Waals surface area (Å²) in [4.78, 5) is 9.05. The van der Waals surface area contributed by atoms with Gasteiger partial charge in [-0.25, -0.2) is 0 Å². The largest absolute Gasteiger partial charge is 0.264 e. The molecule has 0 aliphatic heterocycles. The van der Waals surface area contributed by atoms with Crippen molar-refractivity contribution in [2.45, 2.75) is 5.92 Å². The van der Waals surface area contributed by atoms with Crippen LogP contribution in [0.4, 0.5) is 0 Å². The van der Waals surface area contributed by atoms with E-state index in [1.807, 2.05) is 36.1 Å². The summed E-state index contributed by atoms with van der Waals surface area (Å²) in [5, 5.41) is 5.29. The van der Waals surface area contributed by atoms with Crippen LogP contribution in [0.2, 0.25) is 0 Å². The number of thiophene rings is 1. The predicted molar refractivity (Wildman–Crippen MR) is 220 cm³/mol. The highest BCUT2D eigenvalue weighted by Crippen LogP contribution is 2.51. The highest BCUT2D eigenvalue weighted by atomic mass is 32.1. The van der Waals surface area contributed by atoms with Crippen LogP contribution >= 0.6 is 11.3 Å². The van der Waals surface area contributed by atoms with Gasteiger partial charge in [0, 0.05) is 68.6 Å². The number of aromatic nitrogens is 2. The van der Waals surface area contributed by atoms with Crippen LogP contribution in [-0.4, -0.2) is 9.97 Å². The zero-order valence-electron chi connectivity index (χ0n) is 28.9. The molecule has 3 heterocycles. The number of pyridine rings is 2. The van der Waals surface area contributed by atoms with E-state index >= 15 is 0 Å². The van der Waals surface area contributed by atoms with Gasteiger partial charge in [0.15, 0.2) is 0 Å². The zero-order valence-corrected chi connectivity index (χ0v) is 29.7. The molecule has 4 aliphatic carbocycles. The standard InChI is InChI=1S/C50H34N2S/c1-3-16-36-34(14-1)46(35-15-2-4-17-37(35)47(36)32-12-10-26-51-29-32)31-24-25-42-45(28-31)53-44-23-9-22-43(50(42)44)49-40-20-7-5-18-38(40)48(33-13-11-27-52-30-33)39-19-6-8-21-41(39)49/h1-30,36,38,40,47H. The Morgan fingerprint density at radius 1 is 0.528 bits per heavy atom. The summed E-state index contributed by atoms with van der Waals surface area (Å²) in [5.74, 6) is 0.892. The van der Waals surface area contributed by atoms with Gasteiger partial charge < -0.3 is 0 Å². The molecular formula is C50H34N2S. The Bertz CT molecular complexity index is 2910. The molecule has 53 heavy (non-hydrogen) atoms. The Morgan fingerprint density at radius 2 is 1.26 bits per heavy atom. The molecule has 0 amide bonds. The van der Waals surface area contributed by atoms with Crippen LogP contribution in [0.3, 0.4) is 0 Å². The van der Waals surface area contributed by atoms with Crippen molar-refractivity contribution in [3.05, 3.63) is 232 Å². The SMILES string of the molecule is C1=CC2=C(c3ccc4c(c3)sc3cccc(C5=c6ccccc6=C(c6cccnc6)C6C=CC=CC56)c34)c3ccccc3C(c3cccnc3)C2C=C1. The highest BCUT2D eigenvalue weighted by molar-refractivity contribution is 7.25. The van der Waals surface area contributed by atoms with E-state index in [0.717, 1.165) is 0 Å². The first-order chi connectivity index (χ1) is 26.3. The molecule has 0 saturated carbocycles. The Morgan fingerprint density at radius 3 is 2.09 bits per heavy atom. The van der Waals surface area contributed by atoms with Crippen molar-refractivity contribution >= 4 is 48.2 Å². The monoisotopic (exact) mass is 694 g/mol. The van der Waals surface area contributed by atoms with Gasteiger partial charge in [-0.1, -0.05) is 134 Å². The lowest BCUT2D eigenvalue weighted by Crippen LogP contribution is -2.40. The number of fused-ring (bicyclic) bond motifs is 7. The first-order valence-corrected chi connectivity index (χ1v) is 19.3. The molecule has 4 aliphatic rings. The van der Waals surface area contributed by atoms with Crippen molar-refractivity contribution in [3.8, 4) is 0 Å². The zero-order chi connectivity index (χ0) is 34.9. The second-order valence-electron chi connectivity index (χ2n) is 14.4. The van der Waals surface area contributed by atoms with Gasteiger partial charge in [-0.3, -0.25) is 9.97 Å². The highest BCUT2D eigenvalue weighted by Gasteiger charge is 2.36. The van der Waals surface area contributed by atoms with Crippen LogP contribution in [0.15, 0.2) is 188 Å². The topological polar surface area (TPSA) is 25.8 Å². The van der Waals surface area contributed by atoms with Crippen LogP contribution in [0.1, 0.15) is 39.3 Å². The fourth-order valence-corrected chi connectivity index (χ4v) is 10.8. The van der Waals surface area contributed by atoms with Crippen LogP contribution < -0.4 is 10.4 Å². The number of nitrogens with zero attached hydrogens (tertiary/aromatic N) is 2. The number of benzene rings is 4. The van der Waals surface area contributed by atoms with Crippen molar-refractivity contribution in [3.63, 3.8) is 0 Å². The summed E-state index contributed by atoms with van der Waals surface area (Å²) in [5.41, 5.74) is 13.2. The van der Waals surface area contributed by atoms with Crippen LogP contribution in [0.5, 0.6) is 0 Å². The molecule has 4 unspecified atom stereocenters. The number of hydrogen-bond acceptors (Lipinski definition) is 3. The molecule has 0 spiro atoms. The number of hydrogen-bond donors (Lipinski definition) is 0. The fourth-order valence-electron chi connectivity index (χ4n) is 9.58. The van der Waals surface area contributed by atoms with E-state index in [9.17, 15) is 0 Å². The third-order valence-corrected chi connectivity index (χ3v) is 12.8. The van der Waals surface area contributed by atoms with Gasteiger partial charge in [0.05, 0.1) is 0 Å². The molecule has 0 fully saturated rings. The van der Waals surface area contributed by atoms with Crippen molar-refractivity contribution < 1.29 is 0 Å². The summed E-state index contributed by atoms with van der Waals surface area (Å²) in [6, 6.07) is 40.7. The molecule has 3 aromatic heterocycles. The van der Waals surface area contributed by atoms with E-state index in [1.54, 1.807) is 0 Å². The minimum atomic E-state index is 0.214. The van der Waals surface area contributed by atoms with E-state index in [1.165, 1.54) is 86.3 Å². The molecule has 3 heteroatoms. The Balaban J connectivity index is 1.13. The van der Waals surface area contributed by atoms with Crippen molar-refractivity contribution in [1.82, 2.24) is 9.97 Å². The van der Waals surface area contributed by atoms with Crippen LogP contribution in [0, 0.1) is 17.8 Å². The maximum absolute atomic E-state index is 4.53. The number of allylic oxidation sites excluding steroid dienone is 9. The number of rotatable bonds is 4. The minimum Gasteiger partial charge on any atom is -0.264 e. The van der Waals surface area contributed by atoms with Gasteiger partial charge in [-0.2, -0.15) is 0 Å². The molecule has 0 bridgehead atoms. The average Bonchev–Trinajstić information content (AvgIpc) is 3.61. The average molecular weight is 695 g/mol. The molecule has 11 rings (SSSR count). The van der Waals surface area contributed by atoms with Gasteiger partial charge in [-0.05, 0) is 90.4 Å². The second kappa shape index (κ2) is 12.2. The summed E-state index contributed by atoms with van der Waals surface area (Å²) < 4.78 is 2.64. The fraction of sp³-hybridized carbons (Fsp3) is 0.0800. The van der Waals surface area contributed by atoms with E-state index < -0.39 is 0 Å². The van der Waals surface area contributed by atoms with E-state index in [-0.39, 0.29) is 23.7 Å². The van der Waals surface area contributed by atoms with Gasteiger partial charge >= 0.3 is 0 Å². The molecular weight excluding hydrogens is 661 g/mol. The van der Waals surface area contributed by atoms with Gasteiger partial charge in [-0.15, -0.1) is 11.3 Å². The van der Waals surface area contributed by atoms with Crippen molar-refractivity contribution in [1.29, 1.82) is 0 Å². The van der Waals surface area contributed by atoms with Gasteiger partial charge in [0.2, 0.25) is 0 Å². The minimum absolute atomic E-state index is 0.214. The predicted octanol–water partition coefficient (Wildman–Crippen LogP) is 10.3. The first-order valence-electron chi connectivity index (χ1n) is 18.5. The molecule has 7 aromatic rings. The lowest BCUT2D eigenvalue weighted by Gasteiger charge is -2.36. The smallest absolute Gasteiger partial charge is 0.0361 e. The lowest BCUT2D eigenvalue weighted by molar-refractivity contribution is 0.646. The normalized spacial score (nSPS) is 21.1. The van der Waals surface area contributed by atoms with Gasteiger partial charge in [0.1, 0.15) is 0 Å². The van der Waals surface area contributed by atoms with Crippen molar-refractivity contribution in [2.24, 2.45) is 17.8 Å². The first kappa shape index (κ1) is 30.5. The molecule has 0 saturated heterocycles. The Labute approximate surface area is 312 Å². The lowest BCUT2D eigenvalue weighted by atomic mass is 9.67. The maximum Gasteiger partial charge on any atom is 0.0361 e. The van der Waals surface area contributed by atoms with E-state index in [2.05, 4.69) is 168 Å². The van der Waals surface area contributed by atoms with E-state index in [0.29, 0.717) is 0 Å². The van der Waals surface area contributed by atoms with E-state index in [4.69, 9.17) is 0 Å². The van der Waals surface area contributed by atoms with Crippen LogP contribution in [-0.2, 0) is 0 Å². The maximum atomic E-state index is 4.53. The van der Waals surface area contributed by atoms with Gasteiger partial charge in [0.25, 0.3) is 0 Å². The third-order valence-electron chi connectivity index (χ3n) is 11.7. The Kier molecular flexibility index (Phi) is 7.03. The summed E-state index contributed by atoms with van der Waals surface area (Å²) in [7, 11) is 0. The second-order valence-corrected chi connectivity index (χ2v) is 15.5. The summed E-state index contributed by atoms with van der Waals surface area (Å²) >= 11 is 1.91. The molecule has 250 valence electrons. The summed E-state index contributed by atoms with van der Waals surface area (Å²) in [6.07, 6.45) is 26.2. The third kappa shape index (κ3) is 4.70. The molecule has 2 nitrogen and oxygen atoms in total. The molecule has 0 radical (unpaired) electrons.